The number of hydrogen-bond acceptors (Lipinski definition) is 4. The number of carboxylic acids is 1. The summed E-state index contributed by atoms with van der Waals surface area (Å²) in [6.45, 7) is 0.728. The number of carboxylic acid groups (broad SMARTS) is 1. The number of nitrogens with zero attached hydrogens (tertiary/aromatic N) is 4. The fraction of sp³-hybridized carbons (Fsp3) is 0.667. The fourth-order valence-corrected chi connectivity index (χ4v) is 1.43. The van der Waals surface area contributed by atoms with Gasteiger partial charge in [-0.2, -0.15) is 0 Å². The Morgan fingerprint density at radius 3 is 3.25 bits per heavy atom. The van der Waals surface area contributed by atoms with Gasteiger partial charge in [0.2, 0.25) is 0 Å². The summed E-state index contributed by atoms with van der Waals surface area (Å²) >= 11 is 0. The molecule has 6 heteroatoms. The van der Waals surface area contributed by atoms with E-state index >= 15 is 0 Å². The minimum absolute atomic E-state index is 0.480. The van der Waals surface area contributed by atoms with E-state index in [-0.39, 0.29) is 0 Å². The minimum atomic E-state index is -0.842. The highest BCUT2D eigenvalue weighted by molar-refractivity contribution is 5.74. The van der Waals surface area contributed by atoms with Crippen LogP contribution in [0.15, 0.2) is 0 Å². The molecule has 2 heterocycles. The third kappa shape index (κ3) is 0.956. The first-order valence-electron chi connectivity index (χ1n) is 3.78. The topological polar surface area (TPSA) is 80.9 Å². The number of carbonyl (C=O) groups is 1. The van der Waals surface area contributed by atoms with Crippen molar-refractivity contribution < 1.29 is 9.90 Å². The molecule has 0 spiro atoms. The molecule has 1 aliphatic rings. The van der Waals surface area contributed by atoms with Gasteiger partial charge in [0.25, 0.3) is 0 Å². The van der Waals surface area contributed by atoms with Gasteiger partial charge in [0.05, 0.1) is 0 Å². The third-order valence-corrected chi connectivity index (χ3v) is 2.03. The molecule has 0 saturated heterocycles. The summed E-state index contributed by atoms with van der Waals surface area (Å²) in [5.41, 5.74) is 0. The van der Waals surface area contributed by atoms with Crippen molar-refractivity contribution in [1.82, 2.24) is 20.2 Å². The van der Waals surface area contributed by atoms with E-state index in [0.29, 0.717) is 12.2 Å². The normalized spacial score (nSPS) is 21.8. The Morgan fingerprint density at radius 1 is 1.67 bits per heavy atom. The average Bonchev–Trinajstić information content (AvgIpc) is 2.49. The second kappa shape index (κ2) is 2.54. The zero-order valence-electron chi connectivity index (χ0n) is 6.34. The number of tetrazole rings is 1. The van der Waals surface area contributed by atoms with Crippen molar-refractivity contribution in [3.63, 3.8) is 0 Å². The Bertz CT molecular complexity index is 308. The molecular weight excluding hydrogens is 160 g/mol. The van der Waals surface area contributed by atoms with Gasteiger partial charge in [-0.1, -0.05) is 0 Å². The van der Waals surface area contributed by atoms with Crippen molar-refractivity contribution in [2.24, 2.45) is 0 Å². The number of hydrogen-bond donors (Lipinski definition) is 1. The molecule has 0 bridgehead atoms. The van der Waals surface area contributed by atoms with E-state index in [2.05, 4.69) is 15.5 Å². The highest BCUT2D eigenvalue weighted by atomic mass is 16.4. The lowest BCUT2D eigenvalue weighted by atomic mass is 10.00. The Hall–Kier alpha value is -1.46. The average molecular weight is 168 g/mol. The second-order valence-electron chi connectivity index (χ2n) is 2.79. The van der Waals surface area contributed by atoms with E-state index in [0.717, 1.165) is 13.0 Å². The Labute approximate surface area is 68.2 Å². The molecule has 0 fully saturated rings. The molecule has 1 aliphatic heterocycles. The molecule has 1 aromatic rings. The molecular formula is C6H8N4O2. The van der Waals surface area contributed by atoms with Crippen molar-refractivity contribution in [2.45, 2.75) is 25.3 Å². The summed E-state index contributed by atoms with van der Waals surface area (Å²) in [6.07, 6.45) is 1.46. The van der Waals surface area contributed by atoms with E-state index in [1.165, 1.54) is 0 Å². The Kier molecular flexibility index (Phi) is 1.53. The summed E-state index contributed by atoms with van der Waals surface area (Å²) < 4.78 is 1.56. The molecule has 1 unspecified atom stereocenters. The first-order chi connectivity index (χ1) is 5.79. The minimum Gasteiger partial charge on any atom is -0.481 e. The van der Waals surface area contributed by atoms with Gasteiger partial charge in [-0.15, -0.1) is 5.10 Å². The van der Waals surface area contributed by atoms with Gasteiger partial charge in [0.1, 0.15) is 5.92 Å². The lowest BCUT2D eigenvalue weighted by molar-refractivity contribution is -0.139. The van der Waals surface area contributed by atoms with Crippen LogP contribution in [-0.4, -0.2) is 31.3 Å². The maximum Gasteiger partial charge on any atom is 0.314 e. The van der Waals surface area contributed by atoms with Crippen molar-refractivity contribution in [1.29, 1.82) is 0 Å². The first-order valence-corrected chi connectivity index (χ1v) is 3.78. The summed E-state index contributed by atoms with van der Waals surface area (Å²) in [6, 6.07) is 0. The van der Waals surface area contributed by atoms with E-state index in [4.69, 9.17) is 5.11 Å². The summed E-state index contributed by atoms with van der Waals surface area (Å²) in [4.78, 5) is 10.7. The largest absolute Gasteiger partial charge is 0.481 e. The molecule has 64 valence electrons. The molecule has 0 aliphatic carbocycles. The molecule has 0 aromatic carbocycles. The maximum atomic E-state index is 10.7. The van der Waals surface area contributed by atoms with Crippen molar-refractivity contribution >= 4 is 5.97 Å². The Balaban J connectivity index is 2.37. The van der Waals surface area contributed by atoms with Crippen LogP contribution in [0.3, 0.4) is 0 Å². The van der Waals surface area contributed by atoms with Gasteiger partial charge < -0.3 is 5.11 Å². The molecule has 2 rings (SSSR count). The number of aryl methyl sites for hydroxylation is 1. The standard InChI is InChI=1S/C6H8N4O2/c11-6(12)4-2-1-3-10-5(4)7-8-9-10/h4H,1-3H2,(H,11,12). The third-order valence-electron chi connectivity index (χ3n) is 2.03. The molecule has 12 heavy (non-hydrogen) atoms. The molecule has 0 saturated carbocycles. The van der Waals surface area contributed by atoms with Crippen LogP contribution in [0.4, 0.5) is 0 Å². The lowest BCUT2D eigenvalue weighted by Crippen LogP contribution is -2.22. The van der Waals surface area contributed by atoms with E-state index in [9.17, 15) is 4.79 Å². The van der Waals surface area contributed by atoms with Crippen molar-refractivity contribution in [2.75, 3.05) is 0 Å². The van der Waals surface area contributed by atoms with Crippen molar-refractivity contribution in [3.8, 4) is 0 Å². The smallest absolute Gasteiger partial charge is 0.314 e. The molecule has 1 N–H and O–H groups in total. The van der Waals surface area contributed by atoms with Gasteiger partial charge in [0, 0.05) is 6.54 Å². The number of rotatable bonds is 1. The summed E-state index contributed by atoms with van der Waals surface area (Å²) in [7, 11) is 0. The van der Waals surface area contributed by atoms with Gasteiger partial charge >= 0.3 is 5.97 Å². The molecule has 0 amide bonds. The maximum absolute atomic E-state index is 10.7. The molecule has 6 nitrogen and oxygen atoms in total. The number of aliphatic carboxylic acids is 1. The van der Waals surface area contributed by atoms with Gasteiger partial charge in [0.15, 0.2) is 5.82 Å². The van der Waals surface area contributed by atoms with E-state index in [1.807, 2.05) is 0 Å². The highest BCUT2D eigenvalue weighted by Gasteiger charge is 2.28. The zero-order chi connectivity index (χ0) is 8.55. The van der Waals surface area contributed by atoms with Gasteiger partial charge in [-0.05, 0) is 23.3 Å². The number of aromatic nitrogens is 4. The second-order valence-corrected chi connectivity index (χ2v) is 2.79. The molecule has 1 aromatic heterocycles. The molecule has 1 atom stereocenters. The van der Waals surface area contributed by atoms with Gasteiger partial charge in [-0.3, -0.25) is 4.79 Å². The first kappa shape index (κ1) is 7.20. The number of fused-ring (bicyclic) bond motifs is 1. The van der Waals surface area contributed by atoms with Crippen LogP contribution in [0.2, 0.25) is 0 Å². The highest BCUT2D eigenvalue weighted by Crippen LogP contribution is 2.23. The molecule has 0 radical (unpaired) electrons. The predicted octanol–water partition coefficient (Wildman–Crippen LogP) is -0.365. The van der Waals surface area contributed by atoms with Crippen LogP contribution >= 0.6 is 0 Å². The van der Waals surface area contributed by atoms with Crippen molar-refractivity contribution in [3.05, 3.63) is 5.82 Å². The van der Waals surface area contributed by atoms with Crippen LogP contribution in [0.25, 0.3) is 0 Å². The lowest BCUT2D eigenvalue weighted by Gasteiger charge is -2.16. The summed E-state index contributed by atoms with van der Waals surface area (Å²) in [5, 5.41) is 19.6. The SMILES string of the molecule is O=C(O)C1CCCn2nnnc21. The van der Waals surface area contributed by atoms with Crippen LogP contribution < -0.4 is 0 Å². The zero-order valence-corrected chi connectivity index (χ0v) is 6.34. The van der Waals surface area contributed by atoms with Crippen LogP contribution in [0, 0.1) is 0 Å². The van der Waals surface area contributed by atoms with E-state index in [1.54, 1.807) is 4.68 Å². The van der Waals surface area contributed by atoms with E-state index < -0.39 is 11.9 Å². The fourth-order valence-electron chi connectivity index (χ4n) is 1.43. The summed E-state index contributed by atoms with van der Waals surface area (Å²) in [5.74, 6) is -0.881. The van der Waals surface area contributed by atoms with Crippen LogP contribution in [-0.2, 0) is 11.3 Å². The Morgan fingerprint density at radius 2 is 2.50 bits per heavy atom. The van der Waals surface area contributed by atoms with Crippen LogP contribution in [0.5, 0.6) is 0 Å². The van der Waals surface area contributed by atoms with Crippen LogP contribution in [0.1, 0.15) is 24.6 Å². The monoisotopic (exact) mass is 168 g/mol. The van der Waals surface area contributed by atoms with Gasteiger partial charge in [-0.25, -0.2) is 4.68 Å². The quantitative estimate of drug-likeness (QED) is 0.619. The predicted molar refractivity (Wildman–Crippen MR) is 37.4 cm³/mol.